The molecule has 0 aromatic heterocycles. The Morgan fingerprint density at radius 2 is 1.90 bits per heavy atom. The third-order valence-electron chi connectivity index (χ3n) is 3.95. The molecule has 2 rings (SSSR count). The molecule has 1 aliphatic heterocycles. The molecule has 6 nitrogen and oxygen atoms in total. The highest BCUT2D eigenvalue weighted by Crippen LogP contribution is 2.28. The van der Waals surface area contributed by atoms with Crippen LogP contribution in [0.2, 0.25) is 0 Å². The first-order chi connectivity index (χ1) is 9.69. The second-order valence-corrected chi connectivity index (χ2v) is 5.76. The maximum atomic E-state index is 11.9. The number of piperidine rings is 1. The summed E-state index contributed by atoms with van der Waals surface area (Å²) in [6.45, 7) is 5.83. The lowest BCUT2D eigenvalue weighted by Crippen LogP contribution is -2.46. The van der Waals surface area contributed by atoms with Gasteiger partial charge in [0.25, 0.3) is 0 Å². The summed E-state index contributed by atoms with van der Waals surface area (Å²) in [5.74, 6) is 0.478. The van der Waals surface area contributed by atoms with Crippen LogP contribution in [0.5, 0.6) is 0 Å². The fourth-order valence-corrected chi connectivity index (χ4v) is 2.73. The van der Waals surface area contributed by atoms with E-state index in [4.69, 9.17) is 0 Å². The van der Waals surface area contributed by atoms with Gasteiger partial charge in [-0.15, -0.1) is 0 Å². The Hall–Kier alpha value is -1.14. The molecule has 3 amide bonds. The zero-order valence-electron chi connectivity index (χ0n) is 12.3. The van der Waals surface area contributed by atoms with Crippen LogP contribution in [0.15, 0.2) is 0 Å². The lowest BCUT2D eigenvalue weighted by Gasteiger charge is -2.29. The summed E-state index contributed by atoms with van der Waals surface area (Å²) in [6.07, 6.45) is 4.72. The minimum Gasteiger partial charge on any atom is -0.338 e. The number of nitrogens with one attached hydrogen (secondary N) is 3. The zero-order chi connectivity index (χ0) is 14.4. The molecule has 114 valence electrons. The first-order valence-electron chi connectivity index (χ1n) is 7.71. The highest BCUT2D eigenvalue weighted by atomic mass is 16.2. The van der Waals surface area contributed by atoms with Crippen molar-refractivity contribution >= 4 is 11.9 Å². The van der Waals surface area contributed by atoms with Crippen molar-refractivity contribution in [2.45, 2.75) is 38.6 Å². The number of amides is 3. The lowest BCUT2D eigenvalue weighted by atomic mass is 9.97. The van der Waals surface area contributed by atoms with Gasteiger partial charge in [-0.1, -0.05) is 0 Å². The average molecular weight is 282 g/mol. The summed E-state index contributed by atoms with van der Waals surface area (Å²) < 4.78 is 0. The Balaban J connectivity index is 1.76. The van der Waals surface area contributed by atoms with E-state index in [2.05, 4.69) is 20.9 Å². The van der Waals surface area contributed by atoms with Crippen molar-refractivity contribution in [3.63, 3.8) is 0 Å². The molecule has 2 aliphatic rings. The Morgan fingerprint density at radius 1 is 1.20 bits per heavy atom. The van der Waals surface area contributed by atoms with Crippen molar-refractivity contribution in [1.82, 2.24) is 20.9 Å². The van der Waals surface area contributed by atoms with Crippen LogP contribution in [0, 0.1) is 5.92 Å². The van der Waals surface area contributed by atoms with Gasteiger partial charge in [-0.25, -0.2) is 4.79 Å². The standard InChI is InChI=1S/C14H26N4O2/c1-2-16-14(20)17-13(19)10-18(12-3-4-12)9-11-5-7-15-8-6-11/h11-12,15H,2-10H2,1H3,(H2,16,17,19,20). The van der Waals surface area contributed by atoms with E-state index in [0.29, 0.717) is 25.0 Å². The van der Waals surface area contributed by atoms with Gasteiger partial charge >= 0.3 is 6.03 Å². The van der Waals surface area contributed by atoms with Crippen LogP contribution in [-0.2, 0) is 4.79 Å². The Kier molecular flexibility index (Phi) is 5.79. The molecule has 20 heavy (non-hydrogen) atoms. The third-order valence-corrected chi connectivity index (χ3v) is 3.95. The zero-order valence-corrected chi connectivity index (χ0v) is 12.3. The SMILES string of the molecule is CCNC(=O)NC(=O)CN(CC1CCNCC1)C1CC1. The molecular weight excluding hydrogens is 256 g/mol. The van der Waals surface area contributed by atoms with Crippen molar-refractivity contribution in [2.75, 3.05) is 32.7 Å². The molecule has 0 aromatic rings. The first kappa shape index (κ1) is 15.3. The molecular formula is C14H26N4O2. The van der Waals surface area contributed by atoms with Crippen LogP contribution in [0.1, 0.15) is 32.6 Å². The molecule has 1 saturated heterocycles. The van der Waals surface area contributed by atoms with Crippen molar-refractivity contribution in [3.05, 3.63) is 0 Å². The summed E-state index contributed by atoms with van der Waals surface area (Å²) in [5.41, 5.74) is 0. The van der Waals surface area contributed by atoms with Crippen molar-refractivity contribution < 1.29 is 9.59 Å². The third kappa shape index (κ3) is 5.09. The number of carbonyl (C=O) groups is 2. The molecule has 3 N–H and O–H groups in total. The van der Waals surface area contributed by atoms with E-state index in [1.807, 2.05) is 6.92 Å². The Morgan fingerprint density at radius 3 is 2.50 bits per heavy atom. The fourth-order valence-electron chi connectivity index (χ4n) is 2.73. The fraction of sp³-hybridized carbons (Fsp3) is 0.857. The average Bonchev–Trinajstić information content (AvgIpc) is 3.23. The molecule has 1 saturated carbocycles. The first-order valence-corrected chi connectivity index (χ1v) is 7.71. The molecule has 1 heterocycles. The van der Waals surface area contributed by atoms with Gasteiger partial charge in [0.15, 0.2) is 0 Å². The van der Waals surface area contributed by atoms with Crippen LogP contribution < -0.4 is 16.0 Å². The van der Waals surface area contributed by atoms with E-state index in [1.54, 1.807) is 0 Å². The van der Waals surface area contributed by atoms with E-state index < -0.39 is 6.03 Å². The smallest absolute Gasteiger partial charge is 0.321 e. The normalized spacial score (nSPS) is 19.9. The molecule has 0 aromatic carbocycles. The van der Waals surface area contributed by atoms with Crippen LogP contribution in [0.3, 0.4) is 0 Å². The number of hydrogen-bond donors (Lipinski definition) is 3. The van der Waals surface area contributed by atoms with Crippen LogP contribution in [0.25, 0.3) is 0 Å². The topological polar surface area (TPSA) is 73.5 Å². The van der Waals surface area contributed by atoms with Gasteiger partial charge in [0.05, 0.1) is 6.54 Å². The summed E-state index contributed by atoms with van der Waals surface area (Å²) in [5, 5.41) is 8.33. The maximum Gasteiger partial charge on any atom is 0.321 e. The predicted molar refractivity (Wildman–Crippen MR) is 77.4 cm³/mol. The monoisotopic (exact) mass is 282 g/mol. The van der Waals surface area contributed by atoms with Gasteiger partial charge in [0.2, 0.25) is 5.91 Å². The summed E-state index contributed by atoms with van der Waals surface area (Å²) in [4.78, 5) is 25.5. The van der Waals surface area contributed by atoms with Gasteiger partial charge in [0.1, 0.15) is 0 Å². The van der Waals surface area contributed by atoms with E-state index in [9.17, 15) is 9.59 Å². The quantitative estimate of drug-likeness (QED) is 0.655. The number of carbonyl (C=O) groups excluding carboxylic acids is 2. The van der Waals surface area contributed by atoms with Gasteiger partial charge in [-0.05, 0) is 51.6 Å². The Bertz CT molecular complexity index is 338. The van der Waals surface area contributed by atoms with Crippen LogP contribution >= 0.6 is 0 Å². The van der Waals surface area contributed by atoms with Crippen LogP contribution in [-0.4, -0.2) is 55.6 Å². The lowest BCUT2D eigenvalue weighted by molar-refractivity contribution is -0.121. The van der Waals surface area contributed by atoms with Gasteiger partial charge in [0, 0.05) is 19.1 Å². The van der Waals surface area contributed by atoms with E-state index in [-0.39, 0.29) is 5.91 Å². The second kappa shape index (κ2) is 7.59. The molecule has 0 radical (unpaired) electrons. The second-order valence-electron chi connectivity index (χ2n) is 5.76. The Labute approximate surface area is 120 Å². The minimum absolute atomic E-state index is 0.197. The van der Waals surface area contributed by atoms with Gasteiger partial charge < -0.3 is 10.6 Å². The molecule has 0 bridgehead atoms. The number of rotatable bonds is 6. The van der Waals surface area contributed by atoms with E-state index >= 15 is 0 Å². The molecule has 0 unspecified atom stereocenters. The number of imide groups is 1. The van der Waals surface area contributed by atoms with Crippen molar-refractivity contribution in [2.24, 2.45) is 5.92 Å². The summed E-state index contributed by atoms with van der Waals surface area (Å²) in [6, 6.07) is 0.153. The number of hydrogen-bond acceptors (Lipinski definition) is 4. The van der Waals surface area contributed by atoms with E-state index in [1.165, 1.54) is 25.7 Å². The molecule has 2 fully saturated rings. The highest BCUT2D eigenvalue weighted by molar-refractivity contribution is 5.95. The van der Waals surface area contributed by atoms with Gasteiger partial charge in [-0.2, -0.15) is 0 Å². The number of nitrogens with zero attached hydrogens (tertiary/aromatic N) is 1. The van der Waals surface area contributed by atoms with Gasteiger partial charge in [-0.3, -0.25) is 15.0 Å². The van der Waals surface area contributed by atoms with Crippen molar-refractivity contribution in [3.8, 4) is 0 Å². The maximum absolute atomic E-state index is 11.9. The molecule has 1 aliphatic carbocycles. The highest BCUT2D eigenvalue weighted by Gasteiger charge is 2.32. The summed E-state index contributed by atoms with van der Waals surface area (Å²) >= 11 is 0. The molecule has 0 atom stereocenters. The number of urea groups is 1. The summed E-state index contributed by atoms with van der Waals surface area (Å²) in [7, 11) is 0. The molecule has 6 heteroatoms. The molecule has 0 spiro atoms. The van der Waals surface area contributed by atoms with Crippen molar-refractivity contribution in [1.29, 1.82) is 0 Å². The van der Waals surface area contributed by atoms with E-state index in [0.717, 1.165) is 19.6 Å². The predicted octanol–water partition coefficient (Wildman–Crippen LogP) is 0.296. The van der Waals surface area contributed by atoms with Crippen LogP contribution in [0.4, 0.5) is 4.79 Å². The minimum atomic E-state index is -0.393. The largest absolute Gasteiger partial charge is 0.338 e.